The van der Waals surface area contributed by atoms with E-state index in [1.165, 1.54) is 7.11 Å². The molecule has 1 atom stereocenters. The van der Waals surface area contributed by atoms with Gasteiger partial charge in [0.25, 0.3) is 0 Å². The van der Waals surface area contributed by atoms with E-state index in [-0.39, 0.29) is 11.8 Å². The first kappa shape index (κ1) is 13.4. The molecule has 0 spiro atoms. The smallest absolute Gasteiger partial charge is 0.211 e. The molecule has 2 aromatic rings. The second-order valence-electron chi connectivity index (χ2n) is 4.42. The average Bonchev–Trinajstić information content (AvgIpc) is 2.83. The van der Waals surface area contributed by atoms with Crippen molar-refractivity contribution in [3.05, 3.63) is 41.6 Å². The van der Waals surface area contributed by atoms with Crippen molar-refractivity contribution < 1.29 is 14.3 Å². The Hall–Kier alpha value is -2.01. The van der Waals surface area contributed by atoms with E-state index in [4.69, 9.17) is 9.15 Å². The Morgan fingerprint density at radius 3 is 2.84 bits per heavy atom. The van der Waals surface area contributed by atoms with Crippen molar-refractivity contribution in [3.8, 4) is 11.5 Å². The van der Waals surface area contributed by atoms with Crippen LogP contribution in [-0.4, -0.2) is 17.2 Å². The lowest BCUT2D eigenvalue weighted by Gasteiger charge is -2.11. The summed E-state index contributed by atoms with van der Waals surface area (Å²) >= 11 is 0. The molecule has 102 valence electrons. The lowest BCUT2D eigenvalue weighted by molar-refractivity contribution is 0.372. The summed E-state index contributed by atoms with van der Waals surface area (Å²) < 4.78 is 10.5. The number of phenols is 1. The molecule has 5 nitrogen and oxygen atoms in total. The molecule has 0 aliphatic rings. The second-order valence-corrected chi connectivity index (χ2v) is 4.42. The molecule has 1 unspecified atom stereocenters. The average molecular weight is 262 g/mol. The molecule has 0 saturated carbocycles. The van der Waals surface area contributed by atoms with Gasteiger partial charge in [-0.05, 0) is 31.5 Å². The normalized spacial score (nSPS) is 12.4. The van der Waals surface area contributed by atoms with Crippen LogP contribution in [0.15, 0.2) is 28.8 Å². The van der Waals surface area contributed by atoms with Crippen LogP contribution in [0.5, 0.6) is 11.5 Å². The summed E-state index contributed by atoms with van der Waals surface area (Å²) in [6.07, 6.45) is 1.70. The number of hydrogen-bond acceptors (Lipinski definition) is 5. The number of aromatic nitrogens is 1. The Bertz CT molecular complexity index is 551. The number of phenolic OH excluding ortho intramolecular Hbond substituents is 1. The van der Waals surface area contributed by atoms with E-state index < -0.39 is 0 Å². The fraction of sp³-hybridized carbons (Fsp3) is 0.357. The van der Waals surface area contributed by atoms with Gasteiger partial charge in [0.1, 0.15) is 5.76 Å². The predicted octanol–water partition coefficient (Wildman–Crippen LogP) is 2.55. The third-order valence-electron chi connectivity index (χ3n) is 2.87. The van der Waals surface area contributed by atoms with Gasteiger partial charge in [-0.25, -0.2) is 4.98 Å². The zero-order valence-electron chi connectivity index (χ0n) is 11.3. The summed E-state index contributed by atoms with van der Waals surface area (Å²) in [7, 11) is 1.53. The number of aryl methyl sites for hydroxylation is 1. The van der Waals surface area contributed by atoms with E-state index in [1.54, 1.807) is 18.3 Å². The molecule has 2 N–H and O–H groups in total. The predicted molar refractivity (Wildman–Crippen MR) is 71.2 cm³/mol. The first-order valence-electron chi connectivity index (χ1n) is 6.11. The van der Waals surface area contributed by atoms with Gasteiger partial charge < -0.3 is 19.6 Å². The second kappa shape index (κ2) is 5.75. The Balaban J connectivity index is 1.97. The van der Waals surface area contributed by atoms with Crippen molar-refractivity contribution >= 4 is 0 Å². The third-order valence-corrected chi connectivity index (χ3v) is 2.87. The van der Waals surface area contributed by atoms with E-state index in [9.17, 15) is 5.11 Å². The van der Waals surface area contributed by atoms with E-state index in [2.05, 4.69) is 10.3 Å². The van der Waals surface area contributed by atoms with Crippen LogP contribution in [0, 0.1) is 6.92 Å². The van der Waals surface area contributed by atoms with E-state index >= 15 is 0 Å². The Labute approximate surface area is 112 Å². The monoisotopic (exact) mass is 262 g/mol. The number of hydrogen-bond donors (Lipinski definition) is 2. The van der Waals surface area contributed by atoms with Crippen molar-refractivity contribution in [1.82, 2.24) is 10.3 Å². The number of benzene rings is 1. The van der Waals surface area contributed by atoms with Crippen LogP contribution in [0.1, 0.15) is 30.2 Å². The first-order chi connectivity index (χ1) is 9.10. The molecule has 1 heterocycles. The standard InChI is InChI=1S/C14H18N2O3/c1-9-7-16-14(19-9)10(2)15-8-11-4-5-13(18-3)12(17)6-11/h4-7,10,15,17H,8H2,1-3H3. The third kappa shape index (κ3) is 3.26. The molecule has 1 aromatic heterocycles. The summed E-state index contributed by atoms with van der Waals surface area (Å²) in [5.41, 5.74) is 0.966. The van der Waals surface area contributed by atoms with Gasteiger partial charge in [0.05, 0.1) is 19.3 Å². The van der Waals surface area contributed by atoms with Gasteiger partial charge in [-0.3, -0.25) is 0 Å². The molecule has 2 rings (SSSR count). The highest BCUT2D eigenvalue weighted by molar-refractivity contribution is 5.41. The van der Waals surface area contributed by atoms with Gasteiger partial charge in [0.2, 0.25) is 5.89 Å². The fourth-order valence-electron chi connectivity index (χ4n) is 1.78. The van der Waals surface area contributed by atoms with E-state index in [1.807, 2.05) is 19.9 Å². The maximum Gasteiger partial charge on any atom is 0.211 e. The minimum Gasteiger partial charge on any atom is -0.504 e. The Morgan fingerprint density at radius 2 is 2.26 bits per heavy atom. The van der Waals surface area contributed by atoms with Crippen molar-refractivity contribution in [3.63, 3.8) is 0 Å². The summed E-state index contributed by atoms with van der Waals surface area (Å²) in [5.74, 6) is 2.07. The van der Waals surface area contributed by atoms with E-state index in [0.29, 0.717) is 18.2 Å². The minimum atomic E-state index is 0.0120. The number of oxazole rings is 1. The minimum absolute atomic E-state index is 0.0120. The van der Waals surface area contributed by atoms with Crippen LogP contribution in [0.25, 0.3) is 0 Å². The molecule has 0 fully saturated rings. The molecule has 0 aliphatic heterocycles. The number of nitrogens with zero attached hydrogens (tertiary/aromatic N) is 1. The Morgan fingerprint density at radius 1 is 1.47 bits per heavy atom. The summed E-state index contributed by atoms with van der Waals surface area (Å²) in [5, 5.41) is 13.0. The summed E-state index contributed by atoms with van der Waals surface area (Å²) in [4.78, 5) is 4.17. The van der Waals surface area contributed by atoms with Crippen molar-refractivity contribution in [2.45, 2.75) is 26.4 Å². The summed E-state index contributed by atoms with van der Waals surface area (Å²) in [6, 6.07) is 5.34. The van der Waals surface area contributed by atoms with Crippen LogP contribution in [0.3, 0.4) is 0 Å². The van der Waals surface area contributed by atoms with Crippen molar-refractivity contribution in [2.24, 2.45) is 0 Å². The van der Waals surface area contributed by atoms with Crippen LogP contribution in [-0.2, 0) is 6.54 Å². The van der Waals surface area contributed by atoms with Crippen LogP contribution >= 0.6 is 0 Å². The largest absolute Gasteiger partial charge is 0.504 e. The lowest BCUT2D eigenvalue weighted by Crippen LogP contribution is -2.18. The zero-order chi connectivity index (χ0) is 13.8. The molecule has 1 aromatic carbocycles. The van der Waals surface area contributed by atoms with Gasteiger partial charge in [0.15, 0.2) is 11.5 Å². The number of ether oxygens (including phenoxy) is 1. The summed E-state index contributed by atoms with van der Waals surface area (Å²) in [6.45, 7) is 4.46. The topological polar surface area (TPSA) is 67.5 Å². The van der Waals surface area contributed by atoms with Gasteiger partial charge in [-0.15, -0.1) is 0 Å². The first-order valence-corrected chi connectivity index (χ1v) is 6.11. The molecule has 0 amide bonds. The molecule has 0 radical (unpaired) electrons. The molecule has 0 bridgehead atoms. The molecular formula is C14H18N2O3. The highest BCUT2D eigenvalue weighted by atomic mass is 16.5. The quantitative estimate of drug-likeness (QED) is 0.866. The van der Waals surface area contributed by atoms with Crippen LogP contribution < -0.4 is 10.1 Å². The van der Waals surface area contributed by atoms with Gasteiger partial charge in [-0.1, -0.05) is 6.07 Å². The number of aromatic hydroxyl groups is 1. The van der Waals surface area contributed by atoms with Crippen molar-refractivity contribution in [2.75, 3.05) is 7.11 Å². The zero-order valence-corrected chi connectivity index (χ0v) is 11.3. The van der Waals surface area contributed by atoms with Crippen molar-refractivity contribution in [1.29, 1.82) is 0 Å². The fourth-order valence-corrected chi connectivity index (χ4v) is 1.78. The van der Waals surface area contributed by atoms with Gasteiger partial charge >= 0.3 is 0 Å². The molecule has 5 heteroatoms. The Kier molecular flexibility index (Phi) is 4.06. The highest BCUT2D eigenvalue weighted by Gasteiger charge is 2.11. The highest BCUT2D eigenvalue weighted by Crippen LogP contribution is 2.26. The maximum absolute atomic E-state index is 9.69. The molecule has 0 aliphatic carbocycles. The van der Waals surface area contributed by atoms with Gasteiger partial charge in [0, 0.05) is 6.54 Å². The van der Waals surface area contributed by atoms with Crippen LogP contribution in [0.4, 0.5) is 0 Å². The number of methoxy groups -OCH3 is 1. The van der Waals surface area contributed by atoms with E-state index in [0.717, 1.165) is 11.3 Å². The SMILES string of the molecule is COc1ccc(CNC(C)c2ncc(C)o2)cc1O. The number of rotatable bonds is 5. The van der Waals surface area contributed by atoms with Gasteiger partial charge in [-0.2, -0.15) is 0 Å². The lowest BCUT2D eigenvalue weighted by atomic mass is 10.2. The molecule has 0 saturated heterocycles. The maximum atomic E-state index is 9.69. The molecule has 19 heavy (non-hydrogen) atoms. The van der Waals surface area contributed by atoms with Crippen LogP contribution in [0.2, 0.25) is 0 Å². The molecular weight excluding hydrogens is 244 g/mol. The number of nitrogens with one attached hydrogen (secondary N) is 1.